The molecule has 0 spiro atoms. The van der Waals surface area contributed by atoms with E-state index in [4.69, 9.17) is 14.2 Å². The van der Waals surface area contributed by atoms with Crippen molar-refractivity contribution in [1.82, 2.24) is 14.9 Å². The molecule has 1 aromatic carbocycles. The van der Waals surface area contributed by atoms with Gasteiger partial charge in [-0.15, -0.1) is 0 Å². The average molecular weight is 386 g/mol. The van der Waals surface area contributed by atoms with Gasteiger partial charge in [-0.1, -0.05) is 19.9 Å². The third-order valence-electron chi connectivity index (χ3n) is 5.02. The number of nitrogens with zero attached hydrogens (tertiary/aromatic N) is 3. The molecule has 0 bridgehead atoms. The zero-order chi connectivity index (χ0) is 19.9. The normalized spacial score (nSPS) is 16.7. The summed E-state index contributed by atoms with van der Waals surface area (Å²) in [4.78, 5) is 11.4. The minimum Gasteiger partial charge on any atom is -0.497 e. The van der Waals surface area contributed by atoms with Crippen molar-refractivity contribution in [3.63, 3.8) is 0 Å². The summed E-state index contributed by atoms with van der Waals surface area (Å²) in [5.74, 6) is 2.85. The van der Waals surface area contributed by atoms with Gasteiger partial charge in [0.15, 0.2) is 0 Å². The van der Waals surface area contributed by atoms with Crippen molar-refractivity contribution in [1.29, 1.82) is 0 Å². The smallest absolute Gasteiger partial charge is 0.130 e. The van der Waals surface area contributed by atoms with Crippen LogP contribution in [0.15, 0.2) is 30.6 Å². The van der Waals surface area contributed by atoms with Crippen molar-refractivity contribution in [2.45, 2.75) is 51.8 Å². The molecule has 28 heavy (non-hydrogen) atoms. The molecule has 2 heterocycles. The van der Waals surface area contributed by atoms with Gasteiger partial charge in [0, 0.05) is 61.7 Å². The topological polar surface area (TPSA) is 56.7 Å². The van der Waals surface area contributed by atoms with Crippen LogP contribution < -0.4 is 9.47 Å². The summed E-state index contributed by atoms with van der Waals surface area (Å²) >= 11 is 0. The summed E-state index contributed by atoms with van der Waals surface area (Å²) in [6.07, 6.45) is 6.40. The number of hydrogen-bond acceptors (Lipinski definition) is 6. The molecule has 1 aliphatic heterocycles. The van der Waals surface area contributed by atoms with Crippen LogP contribution >= 0.6 is 0 Å². The third kappa shape index (κ3) is 5.42. The Kier molecular flexibility index (Phi) is 7.23. The molecule has 0 saturated carbocycles. The SMILES string of the molecule is COc1ccc(CN(Cc2cnc(C(C)C)nc2)C[C@H]2CCCO2)c(OC)c1. The molecule has 1 fully saturated rings. The lowest BCUT2D eigenvalue weighted by Crippen LogP contribution is -2.31. The molecule has 0 N–H and O–H groups in total. The van der Waals surface area contributed by atoms with E-state index < -0.39 is 0 Å². The second-order valence-corrected chi connectivity index (χ2v) is 7.59. The van der Waals surface area contributed by atoms with Crippen LogP contribution in [-0.4, -0.2) is 48.3 Å². The minimum absolute atomic E-state index is 0.278. The van der Waals surface area contributed by atoms with Gasteiger partial charge in [-0.25, -0.2) is 9.97 Å². The maximum Gasteiger partial charge on any atom is 0.130 e. The highest BCUT2D eigenvalue weighted by atomic mass is 16.5. The molecule has 152 valence electrons. The van der Waals surface area contributed by atoms with Gasteiger partial charge >= 0.3 is 0 Å². The average Bonchev–Trinajstić information content (AvgIpc) is 3.21. The number of methoxy groups -OCH3 is 2. The van der Waals surface area contributed by atoms with E-state index in [0.29, 0.717) is 5.92 Å². The molecule has 1 atom stereocenters. The molecule has 1 aliphatic rings. The summed E-state index contributed by atoms with van der Waals surface area (Å²) in [5, 5.41) is 0. The van der Waals surface area contributed by atoms with Gasteiger partial charge in [0.05, 0.1) is 20.3 Å². The molecular formula is C22H31N3O3. The van der Waals surface area contributed by atoms with Gasteiger partial charge in [0.1, 0.15) is 17.3 Å². The van der Waals surface area contributed by atoms with Crippen LogP contribution in [0.3, 0.4) is 0 Å². The van der Waals surface area contributed by atoms with Gasteiger partial charge in [-0.3, -0.25) is 4.90 Å². The van der Waals surface area contributed by atoms with E-state index in [2.05, 4.69) is 34.8 Å². The largest absolute Gasteiger partial charge is 0.497 e. The Morgan fingerprint density at radius 2 is 1.93 bits per heavy atom. The van der Waals surface area contributed by atoms with Crippen molar-refractivity contribution < 1.29 is 14.2 Å². The number of ether oxygens (including phenoxy) is 3. The van der Waals surface area contributed by atoms with E-state index in [1.165, 1.54) is 0 Å². The molecule has 1 aromatic heterocycles. The second kappa shape index (κ2) is 9.85. The Bertz CT molecular complexity index is 743. The van der Waals surface area contributed by atoms with E-state index in [0.717, 1.165) is 67.5 Å². The monoisotopic (exact) mass is 385 g/mol. The summed E-state index contributed by atoms with van der Waals surface area (Å²) in [6.45, 7) is 7.48. The molecule has 6 heteroatoms. The van der Waals surface area contributed by atoms with Crippen LogP contribution in [0.25, 0.3) is 0 Å². The molecule has 2 aromatic rings. The van der Waals surface area contributed by atoms with Gasteiger partial charge in [0.2, 0.25) is 0 Å². The van der Waals surface area contributed by atoms with Crippen molar-refractivity contribution in [3.8, 4) is 11.5 Å². The lowest BCUT2D eigenvalue weighted by Gasteiger charge is -2.26. The highest BCUT2D eigenvalue weighted by Gasteiger charge is 2.21. The Balaban J connectivity index is 1.76. The van der Waals surface area contributed by atoms with Gasteiger partial charge < -0.3 is 14.2 Å². The molecule has 0 amide bonds. The first-order valence-electron chi connectivity index (χ1n) is 9.94. The van der Waals surface area contributed by atoms with Crippen LogP contribution in [0.4, 0.5) is 0 Å². The molecule has 0 aliphatic carbocycles. The highest BCUT2D eigenvalue weighted by molar-refractivity contribution is 5.40. The van der Waals surface area contributed by atoms with Crippen LogP contribution in [-0.2, 0) is 17.8 Å². The lowest BCUT2D eigenvalue weighted by atomic mass is 10.1. The Morgan fingerprint density at radius 1 is 1.14 bits per heavy atom. The Labute approximate surface area is 167 Å². The van der Waals surface area contributed by atoms with E-state index in [9.17, 15) is 0 Å². The van der Waals surface area contributed by atoms with Crippen molar-refractivity contribution in [2.75, 3.05) is 27.4 Å². The van der Waals surface area contributed by atoms with E-state index >= 15 is 0 Å². The summed E-state index contributed by atoms with van der Waals surface area (Å²) in [5.41, 5.74) is 2.23. The van der Waals surface area contributed by atoms with E-state index in [1.807, 2.05) is 24.5 Å². The van der Waals surface area contributed by atoms with Gasteiger partial charge in [0.25, 0.3) is 0 Å². The Morgan fingerprint density at radius 3 is 2.54 bits per heavy atom. The fourth-order valence-electron chi connectivity index (χ4n) is 3.49. The summed E-state index contributed by atoms with van der Waals surface area (Å²) < 4.78 is 16.8. The fraction of sp³-hybridized carbons (Fsp3) is 0.545. The number of aromatic nitrogens is 2. The molecule has 1 saturated heterocycles. The molecule has 0 radical (unpaired) electrons. The summed E-state index contributed by atoms with van der Waals surface area (Å²) in [7, 11) is 3.36. The minimum atomic E-state index is 0.278. The highest BCUT2D eigenvalue weighted by Crippen LogP contribution is 2.27. The number of rotatable bonds is 9. The predicted octanol–water partition coefficient (Wildman–Crippen LogP) is 3.80. The van der Waals surface area contributed by atoms with Crippen LogP contribution in [0.2, 0.25) is 0 Å². The molecule has 0 unspecified atom stereocenters. The number of benzene rings is 1. The molecule has 3 rings (SSSR count). The van der Waals surface area contributed by atoms with Crippen molar-refractivity contribution >= 4 is 0 Å². The van der Waals surface area contributed by atoms with Crippen LogP contribution in [0.5, 0.6) is 11.5 Å². The molecular weight excluding hydrogens is 354 g/mol. The first kappa shape index (κ1) is 20.6. The standard InChI is InChI=1S/C22H31N3O3/c1-16(2)22-23-11-17(12-24-22)13-25(15-20-6-5-9-28-20)14-18-7-8-19(26-3)10-21(18)27-4/h7-8,10-12,16,20H,5-6,9,13-15H2,1-4H3/t20-/m1/s1. The maximum atomic E-state index is 5.88. The van der Waals surface area contributed by atoms with Gasteiger partial charge in [-0.2, -0.15) is 0 Å². The quantitative estimate of drug-likeness (QED) is 0.654. The predicted molar refractivity (Wildman–Crippen MR) is 109 cm³/mol. The fourth-order valence-corrected chi connectivity index (χ4v) is 3.49. The molecule has 6 nitrogen and oxygen atoms in total. The number of hydrogen-bond donors (Lipinski definition) is 0. The second-order valence-electron chi connectivity index (χ2n) is 7.59. The lowest BCUT2D eigenvalue weighted by molar-refractivity contribution is 0.0675. The maximum absolute atomic E-state index is 5.88. The Hall–Kier alpha value is -2.18. The van der Waals surface area contributed by atoms with Crippen LogP contribution in [0.1, 0.15) is 49.6 Å². The first-order chi connectivity index (χ1) is 13.6. The van der Waals surface area contributed by atoms with Crippen molar-refractivity contribution in [3.05, 3.63) is 47.5 Å². The van der Waals surface area contributed by atoms with Crippen molar-refractivity contribution in [2.24, 2.45) is 0 Å². The van der Waals surface area contributed by atoms with E-state index in [1.54, 1.807) is 14.2 Å². The van der Waals surface area contributed by atoms with E-state index in [-0.39, 0.29) is 6.10 Å². The zero-order valence-corrected chi connectivity index (χ0v) is 17.4. The summed E-state index contributed by atoms with van der Waals surface area (Å²) in [6, 6.07) is 5.97. The third-order valence-corrected chi connectivity index (χ3v) is 5.02. The van der Waals surface area contributed by atoms with Gasteiger partial charge in [-0.05, 0) is 18.9 Å². The zero-order valence-electron chi connectivity index (χ0n) is 17.4. The first-order valence-corrected chi connectivity index (χ1v) is 9.94. The van der Waals surface area contributed by atoms with Crippen LogP contribution in [0, 0.1) is 0 Å².